The number of hydrogen-bond donors (Lipinski definition) is 1. The Morgan fingerprint density at radius 2 is 1.61 bits per heavy atom. The molecular weight excluding hydrogens is 230 g/mol. The van der Waals surface area contributed by atoms with E-state index < -0.39 is 11.2 Å². The van der Waals surface area contributed by atoms with Crippen molar-refractivity contribution in [3.63, 3.8) is 0 Å². The van der Waals surface area contributed by atoms with Crippen LogP contribution >= 0.6 is 0 Å². The summed E-state index contributed by atoms with van der Waals surface area (Å²) in [6.07, 6.45) is 3.56. The summed E-state index contributed by atoms with van der Waals surface area (Å²) >= 11 is 0. The molecule has 0 atom stereocenters. The Morgan fingerprint density at radius 1 is 1.00 bits per heavy atom. The smallest absolute Gasteiger partial charge is 0.216 e. The van der Waals surface area contributed by atoms with Crippen LogP contribution in [0.2, 0.25) is 0 Å². The largest absolute Gasteiger partial charge is 0.467 e. The maximum absolute atomic E-state index is 5.76. The van der Waals surface area contributed by atoms with Crippen molar-refractivity contribution in [2.75, 3.05) is 7.05 Å². The molecule has 5 heteroatoms. The second kappa shape index (κ2) is 3.86. The molecule has 5 nitrogen and oxygen atoms in total. The average molecular weight is 249 g/mol. The van der Waals surface area contributed by atoms with Gasteiger partial charge in [0.15, 0.2) is 5.88 Å². The van der Waals surface area contributed by atoms with E-state index in [0.717, 1.165) is 11.4 Å². The highest BCUT2D eigenvalue weighted by Crippen LogP contribution is 2.29. The van der Waals surface area contributed by atoms with Gasteiger partial charge in [-0.15, -0.1) is 0 Å². The molecule has 98 valence electrons. The number of rotatable bonds is 1. The minimum Gasteiger partial charge on any atom is -0.467 e. The van der Waals surface area contributed by atoms with Crippen molar-refractivity contribution in [1.29, 1.82) is 0 Å². The fraction of sp³-hybridized carbons (Fsp3) is 0.538. The first-order chi connectivity index (χ1) is 8.24. The number of nitrogens with zero attached hydrogens (tertiary/aromatic N) is 2. The standard InChI is InChI=1S/C13H19N3O2/c1-12(2)8(15-5)7-11(18-12)16-9-6-10(14)17-13(9,3)4/h6-7H,14H2,1-5H3/b15-8?,16-9-. The zero-order valence-corrected chi connectivity index (χ0v) is 11.4. The van der Waals surface area contributed by atoms with Gasteiger partial charge >= 0.3 is 0 Å². The fourth-order valence-electron chi connectivity index (χ4n) is 1.99. The molecular formula is C13H19N3O2. The summed E-state index contributed by atoms with van der Waals surface area (Å²) in [4.78, 5) is 8.66. The van der Waals surface area contributed by atoms with Crippen molar-refractivity contribution in [3.05, 3.63) is 23.9 Å². The lowest BCUT2D eigenvalue weighted by molar-refractivity contribution is 0.0998. The van der Waals surface area contributed by atoms with Gasteiger partial charge in [-0.3, -0.25) is 4.99 Å². The summed E-state index contributed by atoms with van der Waals surface area (Å²) in [6, 6.07) is 0. The third kappa shape index (κ3) is 2.12. The van der Waals surface area contributed by atoms with Crippen LogP contribution in [0.25, 0.3) is 0 Å². The van der Waals surface area contributed by atoms with Crippen LogP contribution in [0.5, 0.6) is 0 Å². The Balaban J connectivity index is 2.31. The van der Waals surface area contributed by atoms with Gasteiger partial charge in [0.05, 0.1) is 11.4 Å². The van der Waals surface area contributed by atoms with E-state index in [1.165, 1.54) is 0 Å². The van der Waals surface area contributed by atoms with Gasteiger partial charge in [-0.05, 0) is 27.7 Å². The molecule has 0 fully saturated rings. The highest BCUT2D eigenvalue weighted by Gasteiger charge is 2.36. The number of aliphatic imine (C=N–C) groups is 2. The minimum absolute atomic E-state index is 0.376. The number of nitrogens with two attached hydrogens (primary N) is 1. The third-order valence-electron chi connectivity index (χ3n) is 2.98. The van der Waals surface area contributed by atoms with Gasteiger partial charge in [0.1, 0.15) is 11.2 Å². The molecule has 18 heavy (non-hydrogen) atoms. The van der Waals surface area contributed by atoms with Crippen LogP contribution in [-0.2, 0) is 9.47 Å². The molecule has 0 radical (unpaired) electrons. The predicted octanol–water partition coefficient (Wildman–Crippen LogP) is 1.76. The maximum atomic E-state index is 5.76. The lowest BCUT2D eigenvalue weighted by atomic mass is 10.0. The molecule has 0 unspecified atom stereocenters. The van der Waals surface area contributed by atoms with Crippen molar-refractivity contribution in [2.45, 2.75) is 38.9 Å². The van der Waals surface area contributed by atoms with Crippen LogP contribution in [0.15, 0.2) is 33.9 Å². The van der Waals surface area contributed by atoms with Gasteiger partial charge < -0.3 is 15.2 Å². The summed E-state index contributed by atoms with van der Waals surface area (Å²) in [7, 11) is 1.74. The van der Waals surface area contributed by atoms with Crippen LogP contribution in [0, 0.1) is 0 Å². The Kier molecular flexibility index (Phi) is 2.72. The molecule has 2 N–H and O–H groups in total. The Labute approximate surface area is 107 Å². The van der Waals surface area contributed by atoms with Gasteiger partial charge in [-0.25, -0.2) is 4.99 Å². The molecule has 0 aromatic heterocycles. The topological polar surface area (TPSA) is 69.2 Å². The van der Waals surface area contributed by atoms with E-state index in [0.29, 0.717) is 11.8 Å². The highest BCUT2D eigenvalue weighted by molar-refractivity contribution is 6.06. The van der Waals surface area contributed by atoms with Crippen LogP contribution in [0.3, 0.4) is 0 Å². The Hall–Kier alpha value is -1.78. The van der Waals surface area contributed by atoms with Crippen molar-refractivity contribution in [2.24, 2.45) is 15.7 Å². The van der Waals surface area contributed by atoms with Gasteiger partial charge in [0.2, 0.25) is 5.88 Å². The summed E-state index contributed by atoms with van der Waals surface area (Å²) in [5.41, 5.74) is 6.32. The van der Waals surface area contributed by atoms with E-state index in [4.69, 9.17) is 15.2 Å². The normalized spacial score (nSPS) is 28.9. The summed E-state index contributed by atoms with van der Waals surface area (Å²) in [5, 5.41) is 0. The molecule has 0 saturated carbocycles. The summed E-state index contributed by atoms with van der Waals surface area (Å²) in [5.74, 6) is 0.916. The van der Waals surface area contributed by atoms with E-state index in [1.54, 1.807) is 13.1 Å². The van der Waals surface area contributed by atoms with Crippen molar-refractivity contribution in [3.8, 4) is 0 Å². The van der Waals surface area contributed by atoms with E-state index in [1.807, 2.05) is 33.8 Å². The van der Waals surface area contributed by atoms with Crippen LogP contribution in [0.4, 0.5) is 0 Å². The molecule has 0 aromatic rings. The van der Waals surface area contributed by atoms with Crippen LogP contribution in [0.1, 0.15) is 27.7 Å². The molecule has 2 aliphatic rings. The quantitative estimate of drug-likeness (QED) is 0.769. The summed E-state index contributed by atoms with van der Waals surface area (Å²) in [6.45, 7) is 7.74. The lowest BCUT2D eigenvalue weighted by Crippen LogP contribution is -2.30. The lowest BCUT2D eigenvalue weighted by Gasteiger charge is -2.21. The Morgan fingerprint density at radius 3 is 2.06 bits per heavy atom. The van der Waals surface area contributed by atoms with E-state index >= 15 is 0 Å². The van der Waals surface area contributed by atoms with Gasteiger partial charge in [-0.1, -0.05) is 0 Å². The van der Waals surface area contributed by atoms with Crippen molar-refractivity contribution in [1.82, 2.24) is 0 Å². The Bertz CT molecular complexity index is 496. The molecule has 0 saturated heterocycles. The predicted molar refractivity (Wildman–Crippen MR) is 71.5 cm³/mol. The molecule has 2 heterocycles. The first kappa shape index (κ1) is 12.7. The van der Waals surface area contributed by atoms with E-state index in [9.17, 15) is 0 Å². The number of hydrogen-bond acceptors (Lipinski definition) is 5. The zero-order valence-electron chi connectivity index (χ0n) is 11.4. The van der Waals surface area contributed by atoms with Crippen molar-refractivity contribution < 1.29 is 9.47 Å². The average Bonchev–Trinajstić information content (AvgIpc) is 2.63. The summed E-state index contributed by atoms with van der Waals surface area (Å²) < 4.78 is 11.2. The molecule has 0 aliphatic carbocycles. The minimum atomic E-state index is -0.523. The van der Waals surface area contributed by atoms with Gasteiger partial charge in [0, 0.05) is 19.2 Å². The molecule has 0 aromatic carbocycles. The van der Waals surface area contributed by atoms with Crippen LogP contribution in [-0.4, -0.2) is 29.7 Å². The van der Waals surface area contributed by atoms with E-state index in [2.05, 4.69) is 9.98 Å². The molecule has 2 aliphatic heterocycles. The second-order valence-corrected chi connectivity index (χ2v) is 5.36. The first-order valence-electron chi connectivity index (χ1n) is 5.88. The maximum Gasteiger partial charge on any atom is 0.216 e. The third-order valence-corrected chi connectivity index (χ3v) is 2.98. The fourth-order valence-corrected chi connectivity index (χ4v) is 1.99. The molecule has 0 amide bonds. The molecule has 2 rings (SSSR count). The highest BCUT2D eigenvalue weighted by atomic mass is 16.5. The molecule has 0 spiro atoms. The van der Waals surface area contributed by atoms with Crippen LogP contribution < -0.4 is 5.73 Å². The van der Waals surface area contributed by atoms with Gasteiger partial charge in [0.25, 0.3) is 0 Å². The SMILES string of the molecule is CN=C1C=C(/N=C2/C=C(N)OC2(C)C)OC1(C)C. The van der Waals surface area contributed by atoms with Crippen molar-refractivity contribution >= 4 is 11.4 Å². The number of ether oxygens (including phenoxy) is 2. The van der Waals surface area contributed by atoms with Gasteiger partial charge in [-0.2, -0.15) is 0 Å². The molecule has 0 bridgehead atoms. The van der Waals surface area contributed by atoms with E-state index in [-0.39, 0.29) is 0 Å². The zero-order chi connectivity index (χ0) is 13.6. The second-order valence-electron chi connectivity index (χ2n) is 5.36. The monoisotopic (exact) mass is 249 g/mol. The first-order valence-corrected chi connectivity index (χ1v) is 5.88.